The second-order valence-corrected chi connectivity index (χ2v) is 28.2. The van der Waals surface area contributed by atoms with E-state index in [4.69, 9.17) is 17.1 Å². The van der Waals surface area contributed by atoms with Crippen LogP contribution in [0, 0.1) is 0 Å². The molecule has 49 heavy (non-hydrogen) atoms. The van der Waals surface area contributed by atoms with Crippen LogP contribution in [0.1, 0.15) is 219 Å². The maximum absolute atomic E-state index is 6.76. The van der Waals surface area contributed by atoms with E-state index in [2.05, 4.69) is 40.0 Å². The van der Waals surface area contributed by atoms with Gasteiger partial charge in [0.25, 0.3) is 0 Å². The first-order chi connectivity index (χ1) is 23.7. The summed E-state index contributed by atoms with van der Waals surface area (Å²) in [6.45, 7) is 13.9. The zero-order chi connectivity index (χ0) is 36.4. The fraction of sp³-hybridized carbons (Fsp3) is 1.00. The Balaban J connectivity index is 3.98. The van der Waals surface area contributed by atoms with Gasteiger partial charge in [-0.05, 0) is 38.3 Å². The van der Waals surface area contributed by atoms with Gasteiger partial charge in [0.2, 0.25) is 0 Å². The molecule has 0 atom stereocenters. The van der Waals surface area contributed by atoms with Crippen LogP contribution in [-0.2, 0) is 17.1 Å². The third-order valence-electron chi connectivity index (χ3n) is 10.6. The van der Waals surface area contributed by atoms with Crippen molar-refractivity contribution in [1.82, 2.24) is 0 Å². The average molecular weight is 745 g/mol. The molecule has 0 saturated carbocycles. The van der Waals surface area contributed by atoms with E-state index in [0.29, 0.717) is 0 Å². The molecule has 0 heterocycles. The van der Waals surface area contributed by atoms with Gasteiger partial charge in [-0.3, -0.25) is 0 Å². The van der Waals surface area contributed by atoms with Crippen LogP contribution in [0.15, 0.2) is 0 Å². The SMILES string of the molecule is CCCCCCCCCCCCCCCCCC[Si](C)(C)O[Si](OC)(OC)O[Si](C)(C)CCCCCCCCCCCCCCCCCC. The standard InChI is InChI=1S/C42H92O4Si3/c1-9-11-13-15-17-19-21-23-25-27-29-31-33-35-37-39-41-47(5,6)45-49(43-3,44-4)46-48(7,8)42-40-38-36-34-32-30-28-26-24-22-20-18-16-14-12-10-2/h9-42H2,1-8H3. The molecule has 0 spiro atoms. The van der Waals surface area contributed by atoms with Gasteiger partial charge in [-0.15, -0.1) is 0 Å². The lowest BCUT2D eigenvalue weighted by molar-refractivity contribution is 0.0758. The molecule has 0 aliphatic heterocycles. The van der Waals surface area contributed by atoms with E-state index < -0.39 is 25.7 Å². The quantitative estimate of drug-likeness (QED) is 0.0462. The molecule has 7 heteroatoms. The number of hydrogen-bond donors (Lipinski definition) is 0. The molecule has 0 radical (unpaired) electrons. The van der Waals surface area contributed by atoms with Crippen LogP contribution in [0.5, 0.6) is 0 Å². The third-order valence-corrected chi connectivity index (χ3v) is 21.1. The van der Waals surface area contributed by atoms with Crippen LogP contribution < -0.4 is 0 Å². The molecule has 0 aliphatic rings. The summed E-state index contributed by atoms with van der Waals surface area (Å²) in [5.74, 6) is 0. The molecule has 0 aromatic carbocycles. The van der Waals surface area contributed by atoms with Crippen molar-refractivity contribution in [3.8, 4) is 0 Å². The third kappa shape index (κ3) is 32.8. The van der Waals surface area contributed by atoms with Crippen molar-refractivity contribution in [1.29, 1.82) is 0 Å². The van der Waals surface area contributed by atoms with Crippen LogP contribution in [0.25, 0.3) is 0 Å². The fourth-order valence-electron chi connectivity index (χ4n) is 7.25. The number of unbranched alkanes of at least 4 members (excludes halogenated alkanes) is 30. The van der Waals surface area contributed by atoms with Gasteiger partial charge in [-0.1, -0.05) is 219 Å². The van der Waals surface area contributed by atoms with E-state index in [1.165, 1.54) is 205 Å². The maximum atomic E-state index is 6.76. The Morgan fingerprint density at radius 2 is 0.469 bits per heavy atom. The largest absolute Gasteiger partial charge is 0.657 e. The average Bonchev–Trinajstić information content (AvgIpc) is 3.07. The Hall–Kier alpha value is 0.491. The zero-order valence-electron chi connectivity index (χ0n) is 35.2. The van der Waals surface area contributed by atoms with E-state index in [9.17, 15) is 0 Å². The van der Waals surface area contributed by atoms with Crippen molar-refractivity contribution in [3.63, 3.8) is 0 Å². The summed E-state index contributed by atoms with van der Waals surface area (Å²) in [5.41, 5.74) is 0. The molecule has 0 rings (SSSR count). The van der Waals surface area contributed by atoms with Crippen molar-refractivity contribution in [2.24, 2.45) is 0 Å². The van der Waals surface area contributed by atoms with Crippen molar-refractivity contribution >= 4 is 25.7 Å². The van der Waals surface area contributed by atoms with Gasteiger partial charge >= 0.3 is 9.05 Å². The summed E-state index contributed by atoms with van der Waals surface area (Å²) < 4.78 is 25.5. The lowest BCUT2D eigenvalue weighted by Gasteiger charge is -2.38. The van der Waals surface area contributed by atoms with Crippen LogP contribution >= 0.6 is 0 Å². The monoisotopic (exact) mass is 745 g/mol. The highest BCUT2D eigenvalue weighted by Crippen LogP contribution is 2.28. The summed E-state index contributed by atoms with van der Waals surface area (Å²) in [7, 11) is -3.56. The Labute approximate surface area is 313 Å². The Morgan fingerprint density at radius 1 is 0.286 bits per heavy atom. The molecule has 0 aromatic heterocycles. The maximum Gasteiger partial charge on any atom is 0.657 e. The fourth-order valence-corrected chi connectivity index (χ4v) is 17.7. The molecule has 0 amide bonds. The van der Waals surface area contributed by atoms with Crippen molar-refractivity contribution < 1.29 is 17.1 Å². The van der Waals surface area contributed by atoms with Gasteiger partial charge in [0.15, 0.2) is 16.6 Å². The van der Waals surface area contributed by atoms with Crippen molar-refractivity contribution in [3.05, 3.63) is 0 Å². The number of rotatable bonds is 40. The van der Waals surface area contributed by atoms with Crippen molar-refractivity contribution in [2.45, 2.75) is 258 Å². The van der Waals surface area contributed by atoms with E-state index >= 15 is 0 Å². The summed E-state index contributed by atoms with van der Waals surface area (Å²) in [5, 5.41) is 0. The van der Waals surface area contributed by atoms with Crippen LogP contribution in [0.4, 0.5) is 0 Å². The second-order valence-electron chi connectivity index (χ2n) is 16.7. The molecule has 0 N–H and O–H groups in total. The predicted molar refractivity (Wildman–Crippen MR) is 226 cm³/mol. The zero-order valence-corrected chi connectivity index (χ0v) is 38.2. The Kier molecular flexibility index (Phi) is 34.6. The predicted octanol–water partition coefficient (Wildman–Crippen LogP) is 15.7. The molecule has 4 nitrogen and oxygen atoms in total. The molecular formula is C42H92O4Si3. The van der Waals surface area contributed by atoms with E-state index in [1.807, 2.05) is 0 Å². The minimum absolute atomic E-state index is 1.15. The summed E-state index contributed by atoms with van der Waals surface area (Å²) >= 11 is 0. The lowest BCUT2D eigenvalue weighted by Crippen LogP contribution is -2.59. The molecule has 0 aromatic rings. The normalized spacial score (nSPS) is 12.7. The second kappa shape index (κ2) is 34.3. The molecule has 296 valence electrons. The van der Waals surface area contributed by atoms with E-state index in [0.717, 1.165) is 12.1 Å². The van der Waals surface area contributed by atoms with Gasteiger partial charge in [-0.2, -0.15) is 0 Å². The Morgan fingerprint density at radius 3 is 0.653 bits per heavy atom. The first-order valence-electron chi connectivity index (χ1n) is 22.2. The van der Waals surface area contributed by atoms with Gasteiger partial charge in [0, 0.05) is 14.2 Å². The van der Waals surface area contributed by atoms with Gasteiger partial charge in [-0.25, -0.2) is 0 Å². The molecule has 0 bridgehead atoms. The van der Waals surface area contributed by atoms with Gasteiger partial charge in [0.05, 0.1) is 0 Å². The molecule has 0 saturated heterocycles. The minimum atomic E-state index is -3.11. The van der Waals surface area contributed by atoms with Gasteiger partial charge in [0.1, 0.15) is 0 Å². The highest BCUT2D eigenvalue weighted by molar-refractivity contribution is 6.84. The highest BCUT2D eigenvalue weighted by atomic mass is 28.5. The van der Waals surface area contributed by atoms with E-state index in [1.54, 1.807) is 14.2 Å². The topological polar surface area (TPSA) is 36.9 Å². The Bertz CT molecular complexity index is 620. The summed E-state index contributed by atoms with van der Waals surface area (Å²) in [6, 6.07) is 2.30. The van der Waals surface area contributed by atoms with Gasteiger partial charge < -0.3 is 17.1 Å². The molecule has 0 fully saturated rings. The minimum Gasteiger partial charge on any atom is -0.395 e. The van der Waals surface area contributed by atoms with Crippen molar-refractivity contribution in [2.75, 3.05) is 14.2 Å². The van der Waals surface area contributed by atoms with Crippen LogP contribution in [0.3, 0.4) is 0 Å². The highest BCUT2D eigenvalue weighted by Gasteiger charge is 2.51. The van der Waals surface area contributed by atoms with Crippen LogP contribution in [-0.4, -0.2) is 39.9 Å². The van der Waals surface area contributed by atoms with E-state index in [-0.39, 0.29) is 0 Å². The summed E-state index contributed by atoms with van der Waals surface area (Å²) in [6.07, 6.45) is 45.0. The number of hydrogen-bond acceptors (Lipinski definition) is 4. The lowest BCUT2D eigenvalue weighted by atomic mass is 10.0. The summed E-state index contributed by atoms with van der Waals surface area (Å²) in [4.78, 5) is 0. The smallest absolute Gasteiger partial charge is 0.395 e. The molecular weight excluding hydrogens is 653 g/mol. The molecule has 0 unspecified atom stereocenters. The first-order valence-corrected chi connectivity index (χ1v) is 30.0. The van der Waals surface area contributed by atoms with Crippen LogP contribution in [0.2, 0.25) is 38.3 Å². The first kappa shape index (κ1) is 49.5. The molecule has 0 aliphatic carbocycles.